The van der Waals surface area contributed by atoms with Gasteiger partial charge in [-0.05, 0) is 25.7 Å². The summed E-state index contributed by atoms with van der Waals surface area (Å²) >= 11 is 4.09. The maximum absolute atomic E-state index is 13.0. The molecule has 5 amide bonds. The van der Waals surface area contributed by atoms with Crippen LogP contribution in [-0.4, -0.2) is 83.2 Å². The van der Waals surface area contributed by atoms with Gasteiger partial charge in [-0.3, -0.25) is 24.7 Å². The number of carboxylic acids is 1. The zero-order valence-corrected chi connectivity index (χ0v) is 20.6. The van der Waals surface area contributed by atoms with Gasteiger partial charge in [0.05, 0.1) is 6.54 Å². The summed E-state index contributed by atoms with van der Waals surface area (Å²) in [7, 11) is 0. The van der Waals surface area contributed by atoms with E-state index in [9.17, 15) is 29.1 Å². The molecule has 13 nitrogen and oxygen atoms in total. The number of nitrogens with zero attached hydrogens (tertiary/aromatic N) is 1. The Morgan fingerprint density at radius 3 is 2.21 bits per heavy atom. The maximum Gasteiger partial charge on any atom is 0.326 e. The van der Waals surface area contributed by atoms with Crippen molar-refractivity contribution in [2.75, 3.05) is 25.4 Å². The summed E-state index contributed by atoms with van der Waals surface area (Å²) in [5, 5.41) is 26.3. The molecule has 0 saturated heterocycles. The van der Waals surface area contributed by atoms with Crippen LogP contribution in [0.5, 0.6) is 0 Å². The molecule has 0 aliphatic rings. The Kier molecular flexibility index (Phi) is 15.9. The largest absolute Gasteiger partial charge is 0.480 e. The molecule has 0 aromatic rings. The van der Waals surface area contributed by atoms with Gasteiger partial charge >= 0.3 is 12.0 Å². The molecule has 0 aromatic carbocycles. The van der Waals surface area contributed by atoms with E-state index in [1.807, 2.05) is 13.8 Å². The molecule has 0 saturated carbocycles. The fourth-order valence-electron chi connectivity index (χ4n) is 2.75. The van der Waals surface area contributed by atoms with E-state index < -0.39 is 35.9 Å². The molecule has 34 heavy (non-hydrogen) atoms. The number of aliphatic carboxylic acids is 1. The number of hydrogen-bond donors (Lipinski definition) is 8. The predicted octanol–water partition coefficient (Wildman–Crippen LogP) is -0.628. The standard InChI is InChI=1S/C20H37N7O6S/c1-3-5-10-27(20(33)26-13(18(31)32)8-6-9-23-19(21)22)17(30)14(12-34)25-16(29)11-24-15(28)7-4-2/h13-14,34H,3-12H2,1-2H3,(H,24,28)(H,25,29)(H,26,33)(H,31,32)(H4,21,22,23)/t13-,14-/m0/s1. The molecule has 0 unspecified atom stereocenters. The van der Waals surface area contributed by atoms with Crippen LogP contribution in [0.4, 0.5) is 4.79 Å². The van der Waals surface area contributed by atoms with Crippen molar-refractivity contribution >= 4 is 48.3 Å². The minimum absolute atomic E-state index is 0.0206. The summed E-state index contributed by atoms with van der Waals surface area (Å²) < 4.78 is 0. The number of unbranched alkanes of at least 4 members (excludes halogenated alkanes) is 1. The van der Waals surface area contributed by atoms with E-state index in [4.69, 9.17) is 11.1 Å². The topological polar surface area (TPSA) is 207 Å². The predicted molar refractivity (Wildman–Crippen MR) is 129 cm³/mol. The SMILES string of the molecule is CCCCN(C(=O)N[C@@H](CCCNC(=N)N)C(=O)O)C(=O)[C@H](CS)NC(=O)CNC(=O)CCC. The van der Waals surface area contributed by atoms with Gasteiger partial charge in [-0.1, -0.05) is 20.3 Å². The minimum atomic E-state index is -1.28. The lowest BCUT2D eigenvalue weighted by Gasteiger charge is -2.27. The van der Waals surface area contributed by atoms with Gasteiger partial charge in [0.25, 0.3) is 5.91 Å². The minimum Gasteiger partial charge on any atom is -0.480 e. The average Bonchev–Trinajstić information content (AvgIpc) is 2.77. The molecular weight excluding hydrogens is 466 g/mol. The van der Waals surface area contributed by atoms with Gasteiger partial charge in [0.1, 0.15) is 12.1 Å². The summed E-state index contributed by atoms with van der Waals surface area (Å²) in [6.07, 6.45) is 2.37. The van der Waals surface area contributed by atoms with Crippen LogP contribution in [0.25, 0.3) is 0 Å². The molecule has 194 valence electrons. The number of guanidine groups is 1. The number of carbonyl (C=O) groups is 5. The van der Waals surface area contributed by atoms with E-state index >= 15 is 0 Å². The van der Waals surface area contributed by atoms with Crippen molar-refractivity contribution in [1.82, 2.24) is 26.2 Å². The molecule has 2 atom stereocenters. The second-order valence-corrected chi connectivity index (χ2v) is 7.86. The lowest BCUT2D eigenvalue weighted by Crippen LogP contribution is -2.57. The van der Waals surface area contributed by atoms with Crippen LogP contribution in [0.1, 0.15) is 52.4 Å². The number of nitrogens with one attached hydrogen (secondary N) is 5. The van der Waals surface area contributed by atoms with E-state index in [1.165, 1.54) is 0 Å². The molecule has 0 aromatic heterocycles. The summed E-state index contributed by atoms with van der Waals surface area (Å²) in [5.74, 6) is -3.29. The van der Waals surface area contributed by atoms with Crippen LogP contribution in [0.2, 0.25) is 0 Å². The summed E-state index contributed by atoms with van der Waals surface area (Å²) in [5.41, 5.74) is 5.18. The first-order valence-electron chi connectivity index (χ1n) is 11.2. The second kappa shape index (κ2) is 17.4. The van der Waals surface area contributed by atoms with Crippen LogP contribution >= 0.6 is 12.6 Å². The third-order valence-corrected chi connectivity index (χ3v) is 4.93. The first-order valence-corrected chi connectivity index (χ1v) is 11.8. The normalized spacial score (nSPS) is 12.1. The van der Waals surface area contributed by atoms with Crippen molar-refractivity contribution in [3.05, 3.63) is 0 Å². The molecule has 0 rings (SSSR count). The number of amides is 5. The number of rotatable bonds is 16. The number of carbonyl (C=O) groups excluding carboxylic acids is 4. The first-order chi connectivity index (χ1) is 16.1. The first kappa shape index (κ1) is 31.0. The number of carboxylic acid groups (broad SMARTS) is 1. The fraction of sp³-hybridized carbons (Fsp3) is 0.700. The smallest absolute Gasteiger partial charge is 0.326 e. The number of hydrogen-bond acceptors (Lipinski definition) is 7. The Morgan fingerprint density at radius 1 is 1.00 bits per heavy atom. The molecule has 0 aliphatic heterocycles. The second-order valence-electron chi connectivity index (χ2n) is 7.50. The zero-order valence-electron chi connectivity index (χ0n) is 19.7. The number of thiol groups is 1. The Labute approximate surface area is 204 Å². The van der Waals surface area contributed by atoms with Crippen LogP contribution < -0.4 is 27.0 Å². The van der Waals surface area contributed by atoms with Crippen LogP contribution in [0.15, 0.2) is 0 Å². The van der Waals surface area contributed by atoms with Crippen molar-refractivity contribution in [2.45, 2.75) is 64.5 Å². The van der Waals surface area contributed by atoms with Crippen molar-refractivity contribution in [3.63, 3.8) is 0 Å². The molecule has 0 heterocycles. The van der Waals surface area contributed by atoms with Crippen molar-refractivity contribution in [3.8, 4) is 0 Å². The quantitative estimate of drug-likeness (QED) is 0.0587. The molecule has 0 aliphatic carbocycles. The average molecular weight is 504 g/mol. The van der Waals surface area contributed by atoms with Crippen LogP contribution in [0, 0.1) is 5.41 Å². The maximum atomic E-state index is 13.0. The molecular formula is C20H37N7O6S. The number of nitrogens with two attached hydrogens (primary N) is 1. The summed E-state index contributed by atoms with van der Waals surface area (Å²) in [4.78, 5) is 61.9. The van der Waals surface area contributed by atoms with Gasteiger partial charge in [-0.25, -0.2) is 9.59 Å². The lowest BCUT2D eigenvalue weighted by atomic mass is 10.1. The fourth-order valence-corrected chi connectivity index (χ4v) is 3.00. The van der Waals surface area contributed by atoms with Crippen LogP contribution in [0.3, 0.4) is 0 Å². The molecule has 0 radical (unpaired) electrons. The van der Waals surface area contributed by atoms with Gasteiger partial charge in [0.2, 0.25) is 11.8 Å². The Morgan fingerprint density at radius 2 is 1.68 bits per heavy atom. The molecule has 14 heteroatoms. The highest BCUT2D eigenvalue weighted by Gasteiger charge is 2.31. The zero-order chi connectivity index (χ0) is 26.1. The van der Waals surface area contributed by atoms with Gasteiger partial charge in [-0.2, -0.15) is 12.6 Å². The van der Waals surface area contributed by atoms with Crippen molar-refractivity contribution in [2.24, 2.45) is 5.73 Å². The Bertz CT molecular complexity index is 722. The van der Waals surface area contributed by atoms with E-state index in [2.05, 4.69) is 33.9 Å². The van der Waals surface area contributed by atoms with E-state index in [0.29, 0.717) is 25.7 Å². The third-order valence-electron chi connectivity index (χ3n) is 4.57. The highest BCUT2D eigenvalue weighted by atomic mass is 32.1. The number of urea groups is 1. The van der Waals surface area contributed by atoms with Crippen molar-refractivity contribution in [1.29, 1.82) is 5.41 Å². The van der Waals surface area contributed by atoms with E-state index in [-0.39, 0.29) is 50.1 Å². The van der Waals surface area contributed by atoms with Gasteiger partial charge in [0.15, 0.2) is 5.96 Å². The summed E-state index contributed by atoms with van der Waals surface area (Å²) in [6, 6.07) is -3.32. The molecule has 0 bridgehead atoms. The van der Waals surface area contributed by atoms with Crippen LogP contribution in [-0.2, 0) is 19.2 Å². The van der Waals surface area contributed by atoms with Gasteiger partial charge in [0, 0.05) is 25.3 Å². The highest BCUT2D eigenvalue weighted by Crippen LogP contribution is 2.05. The molecule has 0 fully saturated rings. The third kappa shape index (κ3) is 12.9. The Balaban J connectivity index is 5.20. The van der Waals surface area contributed by atoms with Crippen molar-refractivity contribution < 1.29 is 29.1 Å². The van der Waals surface area contributed by atoms with E-state index in [0.717, 1.165) is 4.90 Å². The summed E-state index contributed by atoms with van der Waals surface area (Å²) in [6.45, 7) is 3.62. The van der Waals surface area contributed by atoms with E-state index in [1.54, 1.807) is 0 Å². The van der Waals surface area contributed by atoms with Gasteiger partial charge < -0.3 is 32.1 Å². The monoisotopic (exact) mass is 503 g/mol. The lowest BCUT2D eigenvalue weighted by molar-refractivity contribution is -0.140. The number of imide groups is 1. The molecule has 0 spiro atoms. The Hall–Kier alpha value is -3.03. The van der Waals surface area contributed by atoms with Gasteiger partial charge in [-0.15, -0.1) is 0 Å². The molecule has 8 N–H and O–H groups in total. The highest BCUT2D eigenvalue weighted by molar-refractivity contribution is 7.80.